The summed E-state index contributed by atoms with van der Waals surface area (Å²) in [6.07, 6.45) is 2.98. The highest BCUT2D eigenvalue weighted by Gasteiger charge is 2.43. The first kappa shape index (κ1) is 15.3. The lowest BCUT2D eigenvalue weighted by Gasteiger charge is -2.39. The van der Waals surface area contributed by atoms with Crippen molar-refractivity contribution in [1.82, 2.24) is 0 Å². The van der Waals surface area contributed by atoms with Gasteiger partial charge in [0, 0.05) is 24.1 Å². The van der Waals surface area contributed by atoms with E-state index < -0.39 is 0 Å². The van der Waals surface area contributed by atoms with E-state index in [4.69, 9.17) is 0 Å². The zero-order valence-corrected chi connectivity index (χ0v) is 14.6. The van der Waals surface area contributed by atoms with E-state index in [9.17, 15) is 4.79 Å². The van der Waals surface area contributed by atoms with Crippen LogP contribution in [0, 0.1) is 0 Å². The van der Waals surface area contributed by atoms with Crippen molar-refractivity contribution in [1.29, 1.82) is 0 Å². The number of aliphatic imine (C=N–C) groups is 1. The number of hydrogen-bond acceptors (Lipinski definition) is 5. The summed E-state index contributed by atoms with van der Waals surface area (Å²) in [7, 11) is 0. The fourth-order valence-corrected chi connectivity index (χ4v) is 4.12. The number of carbonyl (C=O) groups excluding carboxylic acids is 1. The molecule has 1 unspecified atom stereocenters. The van der Waals surface area contributed by atoms with Crippen LogP contribution in [-0.2, 0) is 0 Å². The maximum Gasteiger partial charge on any atom is 0.193 e. The number of thioether (sulfide) groups is 1. The lowest BCUT2D eigenvalue weighted by Crippen LogP contribution is -2.53. The Morgan fingerprint density at radius 1 is 1.21 bits per heavy atom. The van der Waals surface area contributed by atoms with E-state index in [0.717, 1.165) is 29.5 Å². The Morgan fingerprint density at radius 3 is 2.75 bits per heavy atom. The number of carbonyl (C=O) groups is 1. The van der Waals surface area contributed by atoms with Crippen molar-refractivity contribution in [2.45, 2.75) is 19.0 Å². The van der Waals surface area contributed by atoms with Gasteiger partial charge in [0.2, 0.25) is 0 Å². The number of ketones is 1. The first-order valence-electron chi connectivity index (χ1n) is 8.03. The smallest absolute Gasteiger partial charge is 0.193 e. The molecule has 2 aliphatic rings. The van der Waals surface area contributed by atoms with Gasteiger partial charge in [-0.2, -0.15) is 0 Å². The van der Waals surface area contributed by atoms with Crippen LogP contribution in [0.15, 0.2) is 53.5 Å². The summed E-state index contributed by atoms with van der Waals surface area (Å²) < 4.78 is 0. The van der Waals surface area contributed by atoms with E-state index in [-0.39, 0.29) is 11.4 Å². The summed E-state index contributed by atoms with van der Waals surface area (Å²) in [6, 6.07) is 15.3. The van der Waals surface area contributed by atoms with Crippen molar-refractivity contribution in [3.63, 3.8) is 0 Å². The van der Waals surface area contributed by atoms with E-state index in [2.05, 4.69) is 22.1 Å². The molecular weight excluding hydrogens is 318 g/mol. The number of rotatable bonds is 2. The Bertz CT molecular complexity index is 834. The molecule has 0 bridgehead atoms. The second kappa shape index (κ2) is 5.67. The van der Waals surface area contributed by atoms with Crippen molar-refractivity contribution in [3.8, 4) is 0 Å². The number of anilines is 2. The van der Waals surface area contributed by atoms with Crippen LogP contribution in [0.1, 0.15) is 29.3 Å². The standard InChI is InChI=1S/C19H19N3OS/c1-19-10-11-20-18(24-2)22(19)16-12-14(8-9-15(16)21-19)17(23)13-6-4-3-5-7-13/h3-9,12,21H,10-11H2,1-2H3. The SMILES string of the molecule is CSC1=NCCC2(C)Nc3ccc(C(=O)c4ccccc4)cc3N12. The molecule has 122 valence electrons. The van der Waals surface area contributed by atoms with Crippen molar-refractivity contribution in [2.75, 3.05) is 23.0 Å². The maximum atomic E-state index is 12.8. The molecule has 4 nitrogen and oxygen atoms in total. The molecule has 1 N–H and O–H groups in total. The van der Waals surface area contributed by atoms with Gasteiger partial charge in [0.05, 0.1) is 11.4 Å². The van der Waals surface area contributed by atoms with Gasteiger partial charge in [-0.05, 0) is 31.4 Å². The van der Waals surface area contributed by atoms with Crippen molar-refractivity contribution in [2.24, 2.45) is 4.99 Å². The first-order valence-corrected chi connectivity index (χ1v) is 9.25. The highest BCUT2D eigenvalue weighted by atomic mass is 32.2. The van der Waals surface area contributed by atoms with Gasteiger partial charge in [0.25, 0.3) is 0 Å². The normalized spacial score (nSPS) is 21.6. The van der Waals surface area contributed by atoms with Crippen molar-refractivity contribution in [3.05, 3.63) is 59.7 Å². The largest absolute Gasteiger partial charge is 0.361 e. The highest BCUT2D eigenvalue weighted by Crippen LogP contribution is 2.45. The van der Waals surface area contributed by atoms with Gasteiger partial charge in [0.1, 0.15) is 5.66 Å². The van der Waals surface area contributed by atoms with Crippen LogP contribution in [0.4, 0.5) is 11.4 Å². The summed E-state index contributed by atoms with van der Waals surface area (Å²) in [5, 5.41) is 4.60. The molecule has 2 aromatic rings. The van der Waals surface area contributed by atoms with Gasteiger partial charge in [-0.3, -0.25) is 14.7 Å². The molecule has 1 atom stereocenters. The van der Waals surface area contributed by atoms with Gasteiger partial charge in [-0.15, -0.1) is 0 Å². The fourth-order valence-electron chi connectivity index (χ4n) is 3.42. The molecule has 2 aromatic carbocycles. The van der Waals surface area contributed by atoms with E-state index in [1.54, 1.807) is 11.8 Å². The maximum absolute atomic E-state index is 12.8. The minimum Gasteiger partial charge on any atom is -0.361 e. The van der Waals surface area contributed by atoms with Crippen LogP contribution in [0.5, 0.6) is 0 Å². The molecule has 4 rings (SSSR count). The fraction of sp³-hybridized carbons (Fsp3) is 0.263. The molecule has 2 aliphatic heterocycles. The van der Waals surface area contributed by atoms with Crippen molar-refractivity contribution >= 4 is 34.1 Å². The predicted molar refractivity (Wildman–Crippen MR) is 101 cm³/mol. The minimum atomic E-state index is -0.170. The minimum absolute atomic E-state index is 0.0478. The third-order valence-electron chi connectivity index (χ3n) is 4.65. The van der Waals surface area contributed by atoms with Gasteiger partial charge in [0.15, 0.2) is 11.0 Å². The van der Waals surface area contributed by atoms with Crippen LogP contribution in [0.25, 0.3) is 0 Å². The Morgan fingerprint density at radius 2 is 2.00 bits per heavy atom. The topological polar surface area (TPSA) is 44.7 Å². The lowest BCUT2D eigenvalue weighted by molar-refractivity contribution is 0.103. The zero-order valence-electron chi connectivity index (χ0n) is 13.7. The molecule has 2 heterocycles. The zero-order chi connectivity index (χ0) is 16.7. The molecule has 5 heteroatoms. The summed E-state index contributed by atoms with van der Waals surface area (Å²) in [5.74, 6) is 0.0478. The summed E-state index contributed by atoms with van der Waals surface area (Å²) >= 11 is 1.65. The van der Waals surface area contributed by atoms with E-state index in [1.807, 2.05) is 54.8 Å². The van der Waals surface area contributed by atoms with Gasteiger partial charge in [-0.1, -0.05) is 42.1 Å². The van der Waals surface area contributed by atoms with Crippen LogP contribution in [-0.4, -0.2) is 29.4 Å². The quantitative estimate of drug-likeness (QED) is 0.842. The van der Waals surface area contributed by atoms with Gasteiger partial charge in [-0.25, -0.2) is 0 Å². The number of benzene rings is 2. The number of hydrogen-bond donors (Lipinski definition) is 1. The number of amidine groups is 1. The van der Waals surface area contributed by atoms with Crippen LogP contribution >= 0.6 is 11.8 Å². The third-order valence-corrected chi connectivity index (χ3v) is 5.33. The second-order valence-electron chi connectivity index (χ2n) is 6.28. The molecule has 0 spiro atoms. The molecule has 0 saturated carbocycles. The van der Waals surface area contributed by atoms with E-state index in [0.29, 0.717) is 11.1 Å². The lowest BCUT2D eigenvalue weighted by atomic mass is 10.0. The Balaban J connectivity index is 1.77. The third kappa shape index (κ3) is 2.31. The number of nitrogens with zero attached hydrogens (tertiary/aromatic N) is 2. The number of nitrogens with one attached hydrogen (secondary N) is 1. The molecule has 0 fully saturated rings. The summed E-state index contributed by atoms with van der Waals surface area (Å²) in [4.78, 5) is 19.6. The van der Waals surface area contributed by atoms with Gasteiger partial charge < -0.3 is 5.32 Å². The Labute approximate surface area is 146 Å². The summed E-state index contributed by atoms with van der Waals surface area (Å²) in [6.45, 7) is 3.01. The van der Waals surface area contributed by atoms with Crippen LogP contribution < -0.4 is 10.2 Å². The monoisotopic (exact) mass is 337 g/mol. The highest BCUT2D eigenvalue weighted by molar-refractivity contribution is 8.13. The predicted octanol–water partition coefficient (Wildman–Crippen LogP) is 3.99. The first-order chi connectivity index (χ1) is 11.6. The average molecular weight is 337 g/mol. The van der Waals surface area contributed by atoms with Gasteiger partial charge >= 0.3 is 0 Å². The molecular formula is C19H19N3OS. The Hall–Kier alpha value is -2.27. The number of fused-ring (bicyclic) bond motifs is 3. The summed E-state index contributed by atoms with van der Waals surface area (Å²) in [5.41, 5.74) is 3.34. The molecule has 0 saturated heterocycles. The molecule has 0 aliphatic carbocycles. The van der Waals surface area contributed by atoms with Crippen molar-refractivity contribution < 1.29 is 4.79 Å². The van der Waals surface area contributed by atoms with Crippen LogP contribution in [0.3, 0.4) is 0 Å². The van der Waals surface area contributed by atoms with E-state index >= 15 is 0 Å². The Kier molecular flexibility index (Phi) is 3.61. The molecule has 24 heavy (non-hydrogen) atoms. The molecule has 0 amide bonds. The van der Waals surface area contributed by atoms with Crippen LogP contribution in [0.2, 0.25) is 0 Å². The van der Waals surface area contributed by atoms with E-state index in [1.165, 1.54) is 0 Å². The molecule has 0 aromatic heterocycles. The molecule has 0 radical (unpaired) electrons. The second-order valence-corrected chi connectivity index (χ2v) is 7.05. The average Bonchev–Trinajstić information content (AvgIpc) is 2.93.